The first-order chi connectivity index (χ1) is 12.1. The molecule has 0 spiro atoms. The quantitative estimate of drug-likeness (QED) is 0.791. The van der Waals surface area contributed by atoms with E-state index in [2.05, 4.69) is 12.1 Å². The summed E-state index contributed by atoms with van der Waals surface area (Å²) < 4.78 is 0. The van der Waals surface area contributed by atoms with Crippen LogP contribution in [0.5, 0.6) is 0 Å². The van der Waals surface area contributed by atoms with Gasteiger partial charge in [-0.05, 0) is 49.9 Å². The summed E-state index contributed by atoms with van der Waals surface area (Å²) in [6.07, 6.45) is 1.61. The molecule has 4 heteroatoms. The highest BCUT2D eigenvalue weighted by molar-refractivity contribution is 6.11. The molecule has 0 saturated carbocycles. The lowest BCUT2D eigenvalue weighted by Gasteiger charge is -2.26. The third-order valence-electron chi connectivity index (χ3n) is 5.25. The topological polar surface area (TPSA) is 40.6 Å². The molecule has 4 rings (SSSR count). The predicted octanol–water partition coefficient (Wildman–Crippen LogP) is 3.33. The Morgan fingerprint density at radius 2 is 1.20 bits per heavy atom. The molecule has 0 radical (unpaired) electrons. The van der Waals surface area contributed by atoms with Gasteiger partial charge < -0.3 is 9.80 Å². The molecular formula is C21H22N2O2. The van der Waals surface area contributed by atoms with Crippen LogP contribution in [0.1, 0.15) is 31.4 Å². The monoisotopic (exact) mass is 334 g/mol. The summed E-state index contributed by atoms with van der Waals surface area (Å²) in [6.45, 7) is 4.08. The van der Waals surface area contributed by atoms with Gasteiger partial charge in [0.2, 0.25) is 11.8 Å². The Morgan fingerprint density at radius 1 is 0.800 bits per heavy atom. The van der Waals surface area contributed by atoms with E-state index >= 15 is 0 Å². The second-order valence-electron chi connectivity index (χ2n) is 7.07. The van der Waals surface area contributed by atoms with E-state index in [4.69, 9.17) is 0 Å². The van der Waals surface area contributed by atoms with Crippen molar-refractivity contribution in [1.29, 1.82) is 0 Å². The van der Waals surface area contributed by atoms with Gasteiger partial charge in [-0.15, -0.1) is 0 Å². The molecule has 0 fully saturated rings. The highest BCUT2D eigenvalue weighted by atomic mass is 16.2. The van der Waals surface area contributed by atoms with E-state index < -0.39 is 0 Å². The molecule has 0 unspecified atom stereocenters. The zero-order valence-corrected chi connectivity index (χ0v) is 14.6. The van der Waals surface area contributed by atoms with Crippen LogP contribution in [0.25, 0.3) is 0 Å². The Bertz CT molecular complexity index is 776. The van der Waals surface area contributed by atoms with Crippen molar-refractivity contribution in [3.63, 3.8) is 0 Å². The molecule has 2 aliphatic rings. The summed E-state index contributed by atoms with van der Waals surface area (Å²) in [5.74, 6) is -0.224. The van der Waals surface area contributed by atoms with Crippen molar-refractivity contribution in [3.05, 3.63) is 59.7 Å². The summed E-state index contributed by atoms with van der Waals surface area (Å²) in [4.78, 5) is 29.3. The van der Waals surface area contributed by atoms with Crippen LogP contribution in [-0.2, 0) is 22.4 Å². The molecule has 4 nitrogen and oxygen atoms in total. The van der Waals surface area contributed by atoms with Crippen LogP contribution in [0, 0.1) is 0 Å². The van der Waals surface area contributed by atoms with Crippen molar-refractivity contribution in [2.24, 2.45) is 0 Å². The van der Waals surface area contributed by atoms with Gasteiger partial charge in [0, 0.05) is 23.5 Å². The van der Waals surface area contributed by atoms with E-state index in [0.717, 1.165) is 24.2 Å². The number of benzene rings is 2. The van der Waals surface area contributed by atoms with Gasteiger partial charge in [-0.3, -0.25) is 9.59 Å². The van der Waals surface area contributed by atoms with E-state index in [1.54, 1.807) is 9.80 Å². The summed E-state index contributed by atoms with van der Waals surface area (Å²) >= 11 is 0. The number of rotatable bonds is 2. The second kappa shape index (κ2) is 6.03. The first kappa shape index (κ1) is 15.9. The van der Waals surface area contributed by atoms with Crippen LogP contribution in [0.2, 0.25) is 0 Å². The zero-order chi connectivity index (χ0) is 17.6. The van der Waals surface area contributed by atoms with Crippen LogP contribution < -0.4 is 9.80 Å². The lowest BCUT2D eigenvalue weighted by atomic mass is 10.1. The molecule has 0 N–H and O–H groups in total. The molecule has 2 atom stereocenters. The molecular weight excluding hydrogens is 312 g/mol. The van der Waals surface area contributed by atoms with Crippen LogP contribution >= 0.6 is 0 Å². The van der Waals surface area contributed by atoms with E-state index in [9.17, 15) is 9.59 Å². The Kier molecular flexibility index (Phi) is 3.83. The van der Waals surface area contributed by atoms with Gasteiger partial charge in [-0.1, -0.05) is 36.4 Å². The minimum atomic E-state index is -0.112. The predicted molar refractivity (Wildman–Crippen MR) is 98.8 cm³/mol. The molecule has 2 aromatic rings. The minimum absolute atomic E-state index is 0.0860. The van der Waals surface area contributed by atoms with Crippen molar-refractivity contribution in [2.75, 3.05) is 9.80 Å². The van der Waals surface area contributed by atoms with E-state index in [1.807, 2.05) is 50.2 Å². The number of carbonyl (C=O) groups excluding carboxylic acids is 2. The van der Waals surface area contributed by atoms with Crippen LogP contribution in [0.4, 0.5) is 11.4 Å². The van der Waals surface area contributed by atoms with Gasteiger partial charge in [0.15, 0.2) is 0 Å². The summed E-state index contributed by atoms with van der Waals surface area (Å²) in [5, 5.41) is 0. The fourth-order valence-electron chi connectivity index (χ4n) is 4.19. The molecule has 0 bridgehead atoms. The average molecular weight is 334 g/mol. The summed E-state index contributed by atoms with van der Waals surface area (Å²) in [6, 6.07) is 16.1. The Hall–Kier alpha value is -2.62. The molecule has 2 aromatic carbocycles. The van der Waals surface area contributed by atoms with E-state index in [0.29, 0.717) is 0 Å². The fraction of sp³-hybridized carbons (Fsp3) is 0.333. The smallest absolute Gasteiger partial charge is 0.236 e. The minimum Gasteiger partial charge on any atom is -0.309 e. The fourth-order valence-corrected chi connectivity index (χ4v) is 4.19. The molecule has 2 amide bonds. The standard InChI is InChI=1S/C21H22N2O2/c1-14-11-16-7-3-5-9-18(16)22(14)20(24)13-21(25)23-15(2)12-17-8-4-6-10-19(17)23/h3-10,14-15H,11-13H2,1-2H3/t14-,15-/m0/s1. The number of anilines is 2. The Morgan fingerprint density at radius 3 is 1.64 bits per heavy atom. The first-order valence-electron chi connectivity index (χ1n) is 8.86. The van der Waals surface area contributed by atoms with Gasteiger partial charge in [0.1, 0.15) is 6.42 Å². The maximum absolute atomic E-state index is 12.9. The van der Waals surface area contributed by atoms with Crippen LogP contribution in [0.3, 0.4) is 0 Å². The van der Waals surface area contributed by atoms with Crippen molar-refractivity contribution >= 4 is 23.2 Å². The van der Waals surface area contributed by atoms with Gasteiger partial charge in [-0.2, -0.15) is 0 Å². The summed E-state index contributed by atoms with van der Waals surface area (Å²) in [5.41, 5.74) is 4.25. The number of amides is 2. The van der Waals surface area contributed by atoms with Crippen molar-refractivity contribution in [1.82, 2.24) is 0 Å². The van der Waals surface area contributed by atoms with Crippen LogP contribution in [0.15, 0.2) is 48.5 Å². The number of nitrogens with zero attached hydrogens (tertiary/aromatic N) is 2. The van der Waals surface area contributed by atoms with Gasteiger partial charge in [0.25, 0.3) is 0 Å². The Labute approximate surface area is 148 Å². The zero-order valence-electron chi connectivity index (χ0n) is 14.6. The number of hydrogen-bond acceptors (Lipinski definition) is 2. The van der Waals surface area contributed by atoms with Gasteiger partial charge in [-0.25, -0.2) is 0 Å². The van der Waals surface area contributed by atoms with Gasteiger partial charge >= 0.3 is 0 Å². The number of para-hydroxylation sites is 2. The third kappa shape index (κ3) is 2.62. The maximum Gasteiger partial charge on any atom is 0.236 e. The molecule has 2 aliphatic heterocycles. The highest BCUT2D eigenvalue weighted by Gasteiger charge is 2.35. The van der Waals surface area contributed by atoms with E-state index in [-0.39, 0.29) is 30.3 Å². The largest absolute Gasteiger partial charge is 0.309 e. The maximum atomic E-state index is 12.9. The second-order valence-corrected chi connectivity index (χ2v) is 7.07. The molecule has 128 valence electrons. The molecule has 0 aromatic heterocycles. The normalized spacial score (nSPS) is 21.2. The molecule has 25 heavy (non-hydrogen) atoms. The Balaban J connectivity index is 1.55. The first-order valence-corrected chi connectivity index (χ1v) is 8.86. The van der Waals surface area contributed by atoms with Crippen molar-refractivity contribution in [3.8, 4) is 0 Å². The summed E-state index contributed by atoms with van der Waals surface area (Å²) in [7, 11) is 0. The van der Waals surface area contributed by atoms with Crippen LogP contribution in [-0.4, -0.2) is 23.9 Å². The number of carbonyl (C=O) groups is 2. The molecule has 0 saturated heterocycles. The van der Waals surface area contributed by atoms with Crippen molar-refractivity contribution in [2.45, 2.75) is 45.2 Å². The van der Waals surface area contributed by atoms with Crippen molar-refractivity contribution < 1.29 is 9.59 Å². The molecule has 0 aliphatic carbocycles. The lowest BCUT2D eigenvalue weighted by molar-refractivity contribution is -0.126. The lowest BCUT2D eigenvalue weighted by Crippen LogP contribution is -2.42. The molecule has 2 heterocycles. The average Bonchev–Trinajstić information content (AvgIpc) is 3.09. The number of fused-ring (bicyclic) bond motifs is 2. The SMILES string of the molecule is C[C@H]1Cc2ccccc2N1C(=O)CC(=O)N1c2ccccc2C[C@@H]1C. The number of hydrogen-bond donors (Lipinski definition) is 0. The third-order valence-corrected chi connectivity index (χ3v) is 5.25. The van der Waals surface area contributed by atoms with E-state index in [1.165, 1.54) is 11.1 Å². The van der Waals surface area contributed by atoms with Gasteiger partial charge in [0.05, 0.1) is 0 Å². The highest BCUT2D eigenvalue weighted by Crippen LogP contribution is 2.34.